The third kappa shape index (κ3) is 4.12. The van der Waals surface area contributed by atoms with E-state index in [-0.39, 0.29) is 28.9 Å². The van der Waals surface area contributed by atoms with Gasteiger partial charge in [-0.15, -0.1) is 0 Å². The fourth-order valence-electron chi connectivity index (χ4n) is 3.70. The minimum absolute atomic E-state index is 0.0462. The molecule has 4 rings (SSSR count). The van der Waals surface area contributed by atoms with Crippen molar-refractivity contribution >= 4 is 30.8 Å². The van der Waals surface area contributed by atoms with Crippen LogP contribution in [0.4, 0.5) is 8.78 Å². The number of nitrogens with zero attached hydrogens (tertiary/aromatic N) is 1. The molecule has 2 N–H and O–H groups in total. The first kappa shape index (κ1) is 23.4. The monoisotopic (exact) mass is 472 g/mol. The third-order valence-corrected chi connectivity index (χ3v) is 5.63. The normalized spacial score (nSPS) is 17.1. The Morgan fingerprint density at radius 1 is 1.18 bits per heavy atom. The molecule has 0 fully saturated rings. The molecule has 12 heteroatoms. The maximum Gasteiger partial charge on any atom is 0.547 e. The van der Waals surface area contributed by atoms with Crippen molar-refractivity contribution in [1.82, 2.24) is 10.2 Å². The minimum atomic E-state index is -3.60. The van der Waals surface area contributed by atoms with E-state index in [4.69, 9.17) is 9.39 Å². The molecule has 0 saturated carbocycles. The molecule has 0 aromatic heterocycles. The van der Waals surface area contributed by atoms with Gasteiger partial charge in [0.25, 0.3) is 17.7 Å². The van der Waals surface area contributed by atoms with E-state index in [2.05, 4.69) is 5.32 Å². The number of ether oxygens (including phenoxy) is 1. The van der Waals surface area contributed by atoms with Crippen molar-refractivity contribution in [1.29, 1.82) is 0 Å². The van der Waals surface area contributed by atoms with Crippen molar-refractivity contribution in [3.8, 4) is 5.75 Å². The number of esters is 1. The van der Waals surface area contributed by atoms with Gasteiger partial charge < -0.3 is 19.7 Å². The molecule has 176 valence electrons. The summed E-state index contributed by atoms with van der Waals surface area (Å²) in [5, 5.41) is 12.3. The Balaban J connectivity index is 1.46. The van der Waals surface area contributed by atoms with Gasteiger partial charge in [0.2, 0.25) is 0 Å². The van der Waals surface area contributed by atoms with Gasteiger partial charge in [0.05, 0.1) is 17.1 Å². The van der Waals surface area contributed by atoms with Gasteiger partial charge in [-0.2, -0.15) is 8.78 Å². The van der Waals surface area contributed by atoms with Gasteiger partial charge in [0.1, 0.15) is 11.3 Å². The summed E-state index contributed by atoms with van der Waals surface area (Å²) in [6.45, 7) is 0.519. The highest BCUT2D eigenvalue weighted by Gasteiger charge is 2.43. The average Bonchev–Trinajstić information content (AvgIpc) is 3.07. The number of para-hydroxylation sites is 1. The van der Waals surface area contributed by atoms with Crippen molar-refractivity contribution in [2.24, 2.45) is 0 Å². The van der Waals surface area contributed by atoms with Gasteiger partial charge in [0, 0.05) is 6.42 Å². The molecule has 2 aromatic carbocycles. The Kier molecular flexibility index (Phi) is 6.09. The summed E-state index contributed by atoms with van der Waals surface area (Å²) in [7, 11) is -1.70. The van der Waals surface area contributed by atoms with Crippen LogP contribution in [-0.2, 0) is 16.0 Å². The van der Waals surface area contributed by atoms with Crippen molar-refractivity contribution in [3.05, 3.63) is 64.7 Å². The SMILES string of the molecule is CCC(F)(F)C(=O)N[C@H]1Cc2cccc(C(=O)OCN3C(=O)c4ccccc4C3=O)c2OB1O. The predicted octanol–water partition coefficient (Wildman–Crippen LogP) is 1.58. The van der Waals surface area contributed by atoms with Crippen LogP contribution in [0, 0.1) is 0 Å². The number of nitrogens with one attached hydrogen (secondary N) is 1. The zero-order chi connectivity index (χ0) is 24.6. The molecule has 0 saturated heterocycles. The maximum absolute atomic E-state index is 13.6. The first-order chi connectivity index (χ1) is 16.1. The summed E-state index contributed by atoms with van der Waals surface area (Å²) in [4.78, 5) is 50.1. The Labute approximate surface area is 192 Å². The van der Waals surface area contributed by atoms with E-state index in [1.807, 2.05) is 0 Å². The van der Waals surface area contributed by atoms with E-state index in [1.54, 1.807) is 18.2 Å². The van der Waals surface area contributed by atoms with Crippen LogP contribution in [0.1, 0.15) is 50.0 Å². The topological polar surface area (TPSA) is 122 Å². The lowest BCUT2D eigenvalue weighted by atomic mass is 9.72. The molecule has 0 aliphatic carbocycles. The molecule has 0 radical (unpaired) electrons. The lowest BCUT2D eigenvalue weighted by Crippen LogP contribution is -2.56. The van der Waals surface area contributed by atoms with E-state index in [0.29, 0.717) is 5.56 Å². The van der Waals surface area contributed by atoms with Crippen LogP contribution in [0.5, 0.6) is 5.75 Å². The number of rotatable bonds is 6. The Morgan fingerprint density at radius 2 is 1.82 bits per heavy atom. The van der Waals surface area contributed by atoms with Crippen LogP contribution < -0.4 is 9.97 Å². The van der Waals surface area contributed by atoms with Gasteiger partial charge in [-0.05, 0) is 30.2 Å². The van der Waals surface area contributed by atoms with Crippen molar-refractivity contribution < 1.29 is 42.4 Å². The molecule has 0 spiro atoms. The largest absolute Gasteiger partial charge is 0.547 e. The van der Waals surface area contributed by atoms with Crippen molar-refractivity contribution in [2.45, 2.75) is 31.6 Å². The highest BCUT2D eigenvalue weighted by atomic mass is 19.3. The van der Waals surface area contributed by atoms with Crippen LogP contribution in [-0.4, -0.2) is 59.3 Å². The molecule has 0 unspecified atom stereocenters. The first-order valence-electron chi connectivity index (χ1n) is 10.4. The Bertz CT molecular complexity index is 1150. The zero-order valence-corrected chi connectivity index (χ0v) is 17.9. The number of benzene rings is 2. The molecular weight excluding hydrogens is 453 g/mol. The predicted molar refractivity (Wildman–Crippen MR) is 113 cm³/mol. The number of alkyl halides is 2. The summed E-state index contributed by atoms with van der Waals surface area (Å²) >= 11 is 0. The number of fused-ring (bicyclic) bond motifs is 2. The fraction of sp³-hybridized carbons (Fsp3) is 0.273. The van der Waals surface area contributed by atoms with Gasteiger partial charge in [-0.25, -0.2) is 9.69 Å². The zero-order valence-electron chi connectivity index (χ0n) is 17.9. The van der Waals surface area contributed by atoms with Crippen molar-refractivity contribution in [2.75, 3.05) is 6.73 Å². The molecule has 1 atom stereocenters. The van der Waals surface area contributed by atoms with E-state index in [0.717, 1.165) is 11.8 Å². The molecule has 2 aromatic rings. The number of hydrogen-bond acceptors (Lipinski definition) is 7. The number of amides is 3. The standard InChI is InChI=1S/C22H19BF2N2O7/c1-2-22(24,25)21(31)26-16-10-12-6-5-9-15(17(12)34-23(16)32)20(30)33-11-27-18(28)13-7-3-4-8-14(13)19(27)29/h3-9,16,32H,2,10-11H2,1H3,(H,26,31)/t16-/m0/s1. The summed E-state index contributed by atoms with van der Waals surface area (Å²) in [5.41, 5.74) is 0.671. The number of carbonyl (C=O) groups is 4. The average molecular weight is 472 g/mol. The van der Waals surface area contributed by atoms with Crippen LogP contribution in [0.3, 0.4) is 0 Å². The number of hydrogen-bond donors (Lipinski definition) is 2. The van der Waals surface area contributed by atoms with Gasteiger partial charge in [-0.1, -0.05) is 31.2 Å². The van der Waals surface area contributed by atoms with Gasteiger partial charge in [0.15, 0.2) is 6.73 Å². The van der Waals surface area contributed by atoms with E-state index < -0.39 is 55.8 Å². The van der Waals surface area contributed by atoms with Crippen LogP contribution in [0.15, 0.2) is 42.5 Å². The quantitative estimate of drug-likeness (QED) is 0.372. The lowest BCUT2D eigenvalue weighted by molar-refractivity contribution is -0.146. The number of halogens is 2. The Morgan fingerprint density at radius 3 is 2.44 bits per heavy atom. The second kappa shape index (κ2) is 8.86. The summed E-state index contributed by atoms with van der Waals surface area (Å²) in [6, 6.07) is 10.6. The summed E-state index contributed by atoms with van der Waals surface area (Å²) < 4.78 is 37.7. The van der Waals surface area contributed by atoms with Crippen LogP contribution in [0.2, 0.25) is 0 Å². The maximum atomic E-state index is 13.6. The number of carbonyl (C=O) groups excluding carboxylic acids is 4. The van der Waals surface area contributed by atoms with Crippen LogP contribution >= 0.6 is 0 Å². The lowest BCUT2D eigenvalue weighted by Gasteiger charge is -2.30. The van der Waals surface area contributed by atoms with E-state index >= 15 is 0 Å². The number of imide groups is 1. The van der Waals surface area contributed by atoms with Crippen LogP contribution in [0.25, 0.3) is 0 Å². The summed E-state index contributed by atoms with van der Waals surface area (Å²) in [6.07, 6.45) is -0.788. The van der Waals surface area contributed by atoms with Gasteiger partial charge in [-0.3, -0.25) is 14.4 Å². The smallest absolute Gasteiger partial charge is 0.534 e. The molecule has 34 heavy (non-hydrogen) atoms. The molecular formula is C22H19BF2N2O7. The second-order valence-corrected chi connectivity index (χ2v) is 7.79. The van der Waals surface area contributed by atoms with Gasteiger partial charge >= 0.3 is 19.0 Å². The fourth-order valence-corrected chi connectivity index (χ4v) is 3.70. The highest BCUT2D eigenvalue weighted by Crippen LogP contribution is 2.31. The highest BCUT2D eigenvalue weighted by molar-refractivity contribution is 6.47. The van der Waals surface area contributed by atoms with E-state index in [9.17, 15) is 33.0 Å². The van der Waals surface area contributed by atoms with Crippen molar-refractivity contribution in [3.63, 3.8) is 0 Å². The molecule has 9 nitrogen and oxygen atoms in total. The minimum Gasteiger partial charge on any atom is -0.534 e. The molecule has 0 bridgehead atoms. The molecule has 2 heterocycles. The Hall–Kier alpha value is -3.80. The molecule has 2 aliphatic rings. The molecule has 2 aliphatic heterocycles. The second-order valence-electron chi connectivity index (χ2n) is 7.79. The van der Waals surface area contributed by atoms with E-state index in [1.165, 1.54) is 24.3 Å². The third-order valence-electron chi connectivity index (χ3n) is 5.63. The summed E-state index contributed by atoms with van der Waals surface area (Å²) in [5.74, 6) is -8.48. The molecule has 3 amide bonds. The first-order valence-corrected chi connectivity index (χ1v) is 10.4.